The molecule has 34 heavy (non-hydrogen) atoms. The van der Waals surface area contributed by atoms with Crippen molar-refractivity contribution < 1.29 is 23.8 Å². The number of carbonyl (C=O) groups is 2. The molecule has 0 saturated heterocycles. The molecule has 180 valence electrons. The molecule has 1 aliphatic heterocycles. The number of methoxy groups -OCH3 is 2. The zero-order valence-corrected chi connectivity index (χ0v) is 20.3. The van der Waals surface area contributed by atoms with Crippen LogP contribution in [0.5, 0.6) is 5.75 Å². The third-order valence-corrected chi connectivity index (χ3v) is 5.67. The number of rotatable bonds is 9. The van der Waals surface area contributed by atoms with Gasteiger partial charge in [-0.25, -0.2) is 9.59 Å². The minimum atomic E-state index is -0.752. The van der Waals surface area contributed by atoms with Crippen molar-refractivity contribution in [1.29, 1.82) is 0 Å². The number of pyridine rings is 1. The molecule has 0 fully saturated rings. The van der Waals surface area contributed by atoms with Gasteiger partial charge in [0.05, 0.1) is 37.0 Å². The van der Waals surface area contributed by atoms with Gasteiger partial charge in [0.25, 0.3) is 0 Å². The largest absolute Gasteiger partial charge is 0.497 e. The highest BCUT2D eigenvalue weighted by molar-refractivity contribution is 5.99. The predicted molar refractivity (Wildman–Crippen MR) is 128 cm³/mol. The van der Waals surface area contributed by atoms with Crippen LogP contribution in [0.2, 0.25) is 0 Å². The molecule has 0 saturated carbocycles. The Kier molecular flexibility index (Phi) is 8.43. The summed E-state index contributed by atoms with van der Waals surface area (Å²) in [5.74, 6) is -1.24. The van der Waals surface area contributed by atoms with Crippen molar-refractivity contribution in [3.8, 4) is 5.75 Å². The molecule has 1 aromatic carbocycles. The van der Waals surface area contributed by atoms with Crippen molar-refractivity contribution in [2.24, 2.45) is 0 Å². The van der Waals surface area contributed by atoms with Crippen molar-refractivity contribution in [3.05, 3.63) is 82.5 Å². The second-order valence-corrected chi connectivity index (χ2v) is 8.11. The molecular weight excluding hydrogens is 434 g/mol. The zero-order chi connectivity index (χ0) is 24.7. The first-order valence-electron chi connectivity index (χ1n) is 11.0. The van der Waals surface area contributed by atoms with Crippen molar-refractivity contribution in [1.82, 2.24) is 15.2 Å². The van der Waals surface area contributed by atoms with Gasteiger partial charge in [0.15, 0.2) is 0 Å². The van der Waals surface area contributed by atoms with Gasteiger partial charge < -0.3 is 19.5 Å². The summed E-state index contributed by atoms with van der Waals surface area (Å²) < 4.78 is 16.0. The van der Waals surface area contributed by atoms with Gasteiger partial charge in [-0.2, -0.15) is 0 Å². The summed E-state index contributed by atoms with van der Waals surface area (Å²) in [6.45, 7) is 5.05. The Morgan fingerprint density at radius 2 is 1.71 bits per heavy atom. The third-order valence-electron chi connectivity index (χ3n) is 5.67. The summed E-state index contributed by atoms with van der Waals surface area (Å²) in [4.78, 5) is 32.5. The highest BCUT2D eigenvalue weighted by Crippen LogP contribution is 2.39. The Morgan fingerprint density at radius 3 is 2.35 bits per heavy atom. The Hall–Kier alpha value is -3.65. The van der Waals surface area contributed by atoms with Gasteiger partial charge in [-0.1, -0.05) is 30.3 Å². The van der Waals surface area contributed by atoms with Crippen LogP contribution in [0.1, 0.15) is 31.0 Å². The van der Waals surface area contributed by atoms with Crippen LogP contribution in [0.25, 0.3) is 0 Å². The minimum absolute atomic E-state index is 0.202. The predicted octanol–water partition coefficient (Wildman–Crippen LogP) is 3.17. The number of allylic oxidation sites excluding steroid dienone is 2. The maximum atomic E-state index is 13.3. The van der Waals surface area contributed by atoms with E-state index in [0.29, 0.717) is 40.5 Å². The fourth-order valence-electron chi connectivity index (χ4n) is 4.00. The average Bonchev–Trinajstić information content (AvgIpc) is 2.83. The zero-order valence-electron chi connectivity index (χ0n) is 20.3. The van der Waals surface area contributed by atoms with Crippen LogP contribution < -0.4 is 10.1 Å². The molecule has 8 nitrogen and oxygen atoms in total. The van der Waals surface area contributed by atoms with E-state index in [-0.39, 0.29) is 6.61 Å². The van der Waals surface area contributed by atoms with Crippen LogP contribution in [0.15, 0.2) is 71.2 Å². The quantitative estimate of drug-likeness (QED) is 0.565. The third kappa shape index (κ3) is 5.82. The van der Waals surface area contributed by atoms with Gasteiger partial charge in [0.2, 0.25) is 0 Å². The van der Waals surface area contributed by atoms with Gasteiger partial charge >= 0.3 is 11.9 Å². The fourth-order valence-corrected chi connectivity index (χ4v) is 4.00. The number of nitrogens with one attached hydrogen (secondary N) is 1. The molecule has 1 unspecified atom stereocenters. The maximum Gasteiger partial charge on any atom is 0.336 e. The topological polar surface area (TPSA) is 90.0 Å². The number of dihydropyridines is 1. The van der Waals surface area contributed by atoms with Crippen LogP contribution >= 0.6 is 0 Å². The lowest BCUT2D eigenvalue weighted by atomic mass is 9.82. The highest BCUT2D eigenvalue weighted by atomic mass is 16.5. The molecule has 0 spiro atoms. The summed E-state index contributed by atoms with van der Waals surface area (Å²) >= 11 is 0. The first kappa shape index (κ1) is 25.0. The van der Waals surface area contributed by atoms with Gasteiger partial charge in [-0.15, -0.1) is 0 Å². The number of benzene rings is 1. The van der Waals surface area contributed by atoms with Crippen LogP contribution in [0, 0.1) is 0 Å². The van der Waals surface area contributed by atoms with Gasteiger partial charge in [-0.3, -0.25) is 9.88 Å². The Balaban J connectivity index is 1.81. The molecule has 0 aliphatic carbocycles. The van der Waals surface area contributed by atoms with Gasteiger partial charge in [0.1, 0.15) is 12.4 Å². The normalized spacial score (nSPS) is 15.8. The van der Waals surface area contributed by atoms with Crippen molar-refractivity contribution in [2.45, 2.75) is 26.3 Å². The number of hydrogen-bond acceptors (Lipinski definition) is 8. The second kappa shape index (κ2) is 11.5. The number of likely N-dealkylation sites (N-methyl/N-ethyl adjacent to an activating group) is 1. The van der Waals surface area contributed by atoms with E-state index in [2.05, 4.69) is 27.3 Å². The monoisotopic (exact) mass is 465 g/mol. The molecule has 1 aliphatic rings. The maximum absolute atomic E-state index is 13.3. The van der Waals surface area contributed by atoms with E-state index >= 15 is 0 Å². The molecule has 0 amide bonds. The number of aromatic nitrogens is 1. The van der Waals surface area contributed by atoms with Crippen LogP contribution in [0.3, 0.4) is 0 Å². The van der Waals surface area contributed by atoms with E-state index in [4.69, 9.17) is 14.2 Å². The molecule has 2 heterocycles. The molecule has 1 aromatic heterocycles. The molecule has 0 bridgehead atoms. The number of nitrogens with zero attached hydrogens (tertiary/aromatic N) is 2. The molecule has 1 N–H and O–H groups in total. The molecular formula is C26H31N3O5. The van der Waals surface area contributed by atoms with Gasteiger partial charge in [-0.05, 0) is 32.5 Å². The highest BCUT2D eigenvalue weighted by Gasteiger charge is 2.38. The summed E-state index contributed by atoms with van der Waals surface area (Å²) in [5, 5.41) is 3.12. The van der Waals surface area contributed by atoms with Crippen molar-refractivity contribution >= 4 is 11.9 Å². The van der Waals surface area contributed by atoms with Gasteiger partial charge in [0, 0.05) is 36.7 Å². The summed E-state index contributed by atoms with van der Waals surface area (Å²) in [6, 6.07) is 13.5. The number of hydrogen-bond donors (Lipinski definition) is 1. The molecule has 3 rings (SSSR count). The van der Waals surface area contributed by atoms with E-state index in [0.717, 1.165) is 6.54 Å². The summed E-state index contributed by atoms with van der Waals surface area (Å²) in [6.07, 6.45) is 1.58. The lowest BCUT2D eigenvalue weighted by Crippen LogP contribution is -2.33. The number of ether oxygens (including phenoxy) is 3. The van der Waals surface area contributed by atoms with Crippen LogP contribution in [-0.2, 0) is 25.6 Å². The van der Waals surface area contributed by atoms with E-state index in [1.54, 1.807) is 39.3 Å². The SMILES string of the molecule is COC(=O)C1=C(C)NC(C)=C(C(=O)OCCN(C)Cc2ccccc2)C1c1cc(OC)ccn1. The number of esters is 2. The molecule has 0 radical (unpaired) electrons. The second-order valence-electron chi connectivity index (χ2n) is 8.11. The lowest BCUT2D eigenvalue weighted by molar-refractivity contribution is -0.139. The average molecular weight is 466 g/mol. The molecule has 1 atom stereocenters. The molecule has 2 aromatic rings. The minimum Gasteiger partial charge on any atom is -0.497 e. The standard InChI is InChI=1S/C26H31N3O5/c1-17-22(25(30)33-5)24(21-15-20(32-4)11-12-27-21)23(18(2)28-17)26(31)34-14-13-29(3)16-19-9-7-6-8-10-19/h6-12,15,24,28H,13-14,16H2,1-5H3. The van der Waals surface area contributed by atoms with E-state index in [1.165, 1.54) is 12.7 Å². The van der Waals surface area contributed by atoms with Crippen molar-refractivity contribution in [3.63, 3.8) is 0 Å². The van der Waals surface area contributed by atoms with E-state index < -0.39 is 17.9 Å². The smallest absolute Gasteiger partial charge is 0.336 e. The first-order valence-corrected chi connectivity index (χ1v) is 11.0. The number of carbonyl (C=O) groups excluding carboxylic acids is 2. The fraction of sp³-hybridized carbons (Fsp3) is 0.346. The first-order chi connectivity index (χ1) is 16.3. The van der Waals surface area contributed by atoms with Crippen molar-refractivity contribution in [2.75, 3.05) is 34.4 Å². The van der Waals surface area contributed by atoms with Crippen LogP contribution in [0.4, 0.5) is 0 Å². The Morgan fingerprint density at radius 1 is 1.03 bits per heavy atom. The lowest BCUT2D eigenvalue weighted by Gasteiger charge is -2.30. The van der Waals surface area contributed by atoms with Crippen LogP contribution in [-0.4, -0.2) is 56.2 Å². The summed E-state index contributed by atoms with van der Waals surface area (Å²) in [5.41, 5.74) is 3.49. The summed E-state index contributed by atoms with van der Waals surface area (Å²) in [7, 11) is 4.83. The Labute approximate surface area is 200 Å². The van der Waals surface area contributed by atoms with E-state index in [9.17, 15) is 9.59 Å². The Bertz CT molecular complexity index is 1090. The van der Waals surface area contributed by atoms with E-state index in [1.807, 2.05) is 25.2 Å². The molecule has 8 heteroatoms.